The van der Waals surface area contributed by atoms with E-state index in [1.54, 1.807) is 7.11 Å². The van der Waals surface area contributed by atoms with Gasteiger partial charge in [-0.1, -0.05) is 12.1 Å². The molecule has 4 nitrogen and oxygen atoms in total. The lowest BCUT2D eigenvalue weighted by Gasteiger charge is -2.12. The van der Waals surface area contributed by atoms with Crippen molar-refractivity contribution in [1.82, 2.24) is 0 Å². The van der Waals surface area contributed by atoms with Crippen molar-refractivity contribution >= 4 is 11.6 Å². The Morgan fingerprint density at radius 1 is 1.53 bits per heavy atom. The summed E-state index contributed by atoms with van der Waals surface area (Å²) in [5.41, 5.74) is 7.20. The maximum absolute atomic E-state index is 11.5. The van der Waals surface area contributed by atoms with E-state index >= 15 is 0 Å². The molecular weight excluding hydrogens is 216 g/mol. The van der Waals surface area contributed by atoms with Gasteiger partial charge in [-0.25, -0.2) is 0 Å². The number of amides is 1. The molecule has 0 bridgehead atoms. The Morgan fingerprint density at radius 2 is 2.29 bits per heavy atom. The molecular formula is C13H20N2O2. The van der Waals surface area contributed by atoms with E-state index in [0.29, 0.717) is 19.4 Å². The minimum absolute atomic E-state index is 0.00216. The highest BCUT2D eigenvalue weighted by atomic mass is 16.5. The van der Waals surface area contributed by atoms with Gasteiger partial charge in [0.15, 0.2) is 0 Å². The second-order valence-electron chi connectivity index (χ2n) is 3.94. The number of anilines is 1. The topological polar surface area (TPSA) is 64.3 Å². The third kappa shape index (κ3) is 4.54. The molecule has 0 saturated heterocycles. The molecule has 0 aromatic heterocycles. The molecule has 1 amide bonds. The Balaban J connectivity index is 2.62. The van der Waals surface area contributed by atoms with Gasteiger partial charge in [-0.2, -0.15) is 0 Å². The highest BCUT2D eigenvalue weighted by molar-refractivity contribution is 5.90. The summed E-state index contributed by atoms with van der Waals surface area (Å²) < 4.78 is 5.23. The number of ether oxygens (including phenoxy) is 1. The van der Waals surface area contributed by atoms with Gasteiger partial charge in [-0.05, 0) is 37.6 Å². The first-order valence-electron chi connectivity index (χ1n) is 5.80. The van der Waals surface area contributed by atoms with Crippen molar-refractivity contribution in [2.75, 3.05) is 19.0 Å². The van der Waals surface area contributed by atoms with Crippen molar-refractivity contribution in [2.24, 2.45) is 5.73 Å². The van der Waals surface area contributed by atoms with Crippen molar-refractivity contribution in [3.8, 4) is 0 Å². The summed E-state index contributed by atoms with van der Waals surface area (Å²) in [5.74, 6) is -0.00216. The van der Waals surface area contributed by atoms with Crippen LogP contribution >= 0.6 is 0 Å². The highest BCUT2D eigenvalue weighted by Gasteiger charge is 2.06. The van der Waals surface area contributed by atoms with Crippen LogP contribution in [0.3, 0.4) is 0 Å². The average molecular weight is 236 g/mol. The fraction of sp³-hybridized carbons (Fsp3) is 0.462. The molecule has 0 saturated carbocycles. The smallest absolute Gasteiger partial charge is 0.224 e. The first-order valence-corrected chi connectivity index (χ1v) is 5.80. The molecule has 1 rings (SSSR count). The van der Waals surface area contributed by atoms with Gasteiger partial charge < -0.3 is 15.8 Å². The van der Waals surface area contributed by atoms with E-state index in [2.05, 4.69) is 5.32 Å². The number of carbonyl (C=O) groups excluding carboxylic acids is 1. The molecule has 3 N–H and O–H groups in total. The normalized spacial score (nSPS) is 12.2. The van der Waals surface area contributed by atoms with Gasteiger partial charge in [-0.15, -0.1) is 0 Å². The van der Waals surface area contributed by atoms with E-state index in [-0.39, 0.29) is 12.0 Å². The summed E-state index contributed by atoms with van der Waals surface area (Å²) in [6, 6.07) is 7.67. The maximum Gasteiger partial charge on any atom is 0.224 e. The van der Waals surface area contributed by atoms with Crippen molar-refractivity contribution < 1.29 is 9.53 Å². The van der Waals surface area contributed by atoms with Crippen LogP contribution in [0.25, 0.3) is 0 Å². The van der Waals surface area contributed by atoms with Crippen LogP contribution in [0.1, 0.15) is 31.4 Å². The fourth-order valence-electron chi connectivity index (χ4n) is 1.49. The van der Waals surface area contributed by atoms with E-state index < -0.39 is 0 Å². The number of nitrogens with one attached hydrogen (secondary N) is 1. The summed E-state index contributed by atoms with van der Waals surface area (Å²) in [4.78, 5) is 11.5. The van der Waals surface area contributed by atoms with Gasteiger partial charge >= 0.3 is 0 Å². The van der Waals surface area contributed by atoms with Crippen LogP contribution < -0.4 is 11.1 Å². The number of rotatable bonds is 6. The number of benzene rings is 1. The van der Waals surface area contributed by atoms with Gasteiger partial charge in [0.1, 0.15) is 0 Å². The molecule has 1 unspecified atom stereocenters. The summed E-state index contributed by atoms with van der Waals surface area (Å²) >= 11 is 0. The minimum atomic E-state index is -0.00216. The molecule has 1 aromatic rings. The van der Waals surface area contributed by atoms with Crippen LogP contribution in [0.4, 0.5) is 5.69 Å². The molecule has 0 fully saturated rings. The summed E-state index contributed by atoms with van der Waals surface area (Å²) in [6.07, 6.45) is 1.19. The van der Waals surface area contributed by atoms with Gasteiger partial charge in [0.25, 0.3) is 0 Å². The van der Waals surface area contributed by atoms with Crippen LogP contribution in [0.2, 0.25) is 0 Å². The zero-order valence-electron chi connectivity index (χ0n) is 10.4. The minimum Gasteiger partial charge on any atom is -0.377 e. The molecule has 94 valence electrons. The van der Waals surface area contributed by atoms with Crippen LogP contribution in [0, 0.1) is 0 Å². The number of nitrogens with two attached hydrogens (primary N) is 1. The van der Waals surface area contributed by atoms with Crippen molar-refractivity contribution in [3.63, 3.8) is 0 Å². The summed E-state index contributed by atoms with van der Waals surface area (Å²) in [6.45, 7) is 2.50. The zero-order valence-corrected chi connectivity index (χ0v) is 10.4. The second-order valence-corrected chi connectivity index (χ2v) is 3.94. The van der Waals surface area contributed by atoms with E-state index in [1.807, 2.05) is 31.2 Å². The van der Waals surface area contributed by atoms with Gasteiger partial charge in [0.05, 0.1) is 6.10 Å². The number of hydrogen-bond donors (Lipinski definition) is 2. The quantitative estimate of drug-likeness (QED) is 0.794. The zero-order chi connectivity index (χ0) is 12.7. The molecule has 1 aromatic carbocycles. The van der Waals surface area contributed by atoms with Gasteiger partial charge in [0.2, 0.25) is 5.91 Å². The third-order valence-electron chi connectivity index (χ3n) is 2.60. The van der Waals surface area contributed by atoms with Crippen LogP contribution in [-0.4, -0.2) is 19.6 Å². The van der Waals surface area contributed by atoms with Crippen molar-refractivity contribution in [2.45, 2.75) is 25.9 Å². The SMILES string of the molecule is COC(C)c1cccc(NC(=O)CCCN)c1. The largest absolute Gasteiger partial charge is 0.377 e. The Kier molecular flexibility index (Phi) is 5.66. The average Bonchev–Trinajstić information content (AvgIpc) is 2.35. The second kappa shape index (κ2) is 7.04. The van der Waals surface area contributed by atoms with Crippen LogP contribution in [-0.2, 0) is 9.53 Å². The fourth-order valence-corrected chi connectivity index (χ4v) is 1.49. The van der Waals surface area contributed by atoms with Gasteiger partial charge in [0, 0.05) is 19.2 Å². The Labute approximate surface area is 102 Å². The molecule has 0 aliphatic carbocycles. The van der Waals surface area contributed by atoms with Gasteiger partial charge in [-0.3, -0.25) is 4.79 Å². The lowest BCUT2D eigenvalue weighted by atomic mass is 10.1. The Bertz CT molecular complexity index is 366. The predicted octanol–water partition coefficient (Wildman–Crippen LogP) is 2.07. The van der Waals surface area contributed by atoms with E-state index in [4.69, 9.17) is 10.5 Å². The standard InChI is InChI=1S/C13H20N2O2/c1-10(17-2)11-5-3-6-12(9-11)15-13(16)7-4-8-14/h3,5-6,9-10H,4,7-8,14H2,1-2H3,(H,15,16). The van der Waals surface area contributed by atoms with Crippen LogP contribution in [0.5, 0.6) is 0 Å². The lowest BCUT2D eigenvalue weighted by molar-refractivity contribution is -0.116. The molecule has 0 aliphatic heterocycles. The maximum atomic E-state index is 11.5. The number of methoxy groups -OCH3 is 1. The van der Waals surface area contributed by atoms with Crippen molar-refractivity contribution in [1.29, 1.82) is 0 Å². The molecule has 17 heavy (non-hydrogen) atoms. The molecule has 0 heterocycles. The first-order chi connectivity index (χ1) is 8.17. The van der Waals surface area contributed by atoms with Crippen LogP contribution in [0.15, 0.2) is 24.3 Å². The molecule has 1 atom stereocenters. The summed E-state index contributed by atoms with van der Waals surface area (Å²) in [7, 11) is 1.66. The van der Waals surface area contributed by atoms with E-state index in [0.717, 1.165) is 11.3 Å². The lowest BCUT2D eigenvalue weighted by Crippen LogP contribution is -2.13. The Morgan fingerprint density at radius 3 is 2.94 bits per heavy atom. The monoisotopic (exact) mass is 236 g/mol. The molecule has 0 radical (unpaired) electrons. The number of hydrogen-bond acceptors (Lipinski definition) is 3. The first kappa shape index (κ1) is 13.7. The molecule has 0 spiro atoms. The van der Waals surface area contributed by atoms with Crippen molar-refractivity contribution in [3.05, 3.63) is 29.8 Å². The number of carbonyl (C=O) groups is 1. The summed E-state index contributed by atoms with van der Waals surface area (Å²) in [5, 5.41) is 2.85. The Hall–Kier alpha value is -1.39. The third-order valence-corrected chi connectivity index (χ3v) is 2.60. The van der Waals surface area contributed by atoms with E-state index in [9.17, 15) is 4.79 Å². The predicted molar refractivity (Wildman–Crippen MR) is 68.8 cm³/mol. The molecule has 4 heteroatoms. The highest BCUT2D eigenvalue weighted by Crippen LogP contribution is 2.19. The van der Waals surface area contributed by atoms with E-state index in [1.165, 1.54) is 0 Å². The molecule has 0 aliphatic rings.